The van der Waals surface area contributed by atoms with Crippen molar-refractivity contribution in [3.63, 3.8) is 0 Å². The quantitative estimate of drug-likeness (QED) is 0.210. The fourth-order valence-electron chi connectivity index (χ4n) is 4.91. The van der Waals surface area contributed by atoms with Crippen molar-refractivity contribution in [1.82, 2.24) is 14.9 Å². The molecule has 210 valence electrons. The van der Waals surface area contributed by atoms with E-state index in [1.807, 2.05) is 53.2 Å². The largest absolute Gasteiger partial charge is 0.484 e. The number of aliphatic carboxylic acids is 1. The lowest BCUT2D eigenvalue weighted by Gasteiger charge is -2.25. The zero-order chi connectivity index (χ0) is 28.6. The minimum atomic E-state index is -0.956. The van der Waals surface area contributed by atoms with E-state index < -0.39 is 5.97 Å². The topological polar surface area (TPSA) is 111 Å². The molecule has 4 aromatic rings. The summed E-state index contributed by atoms with van der Waals surface area (Å²) in [6.45, 7) is 0.665. The molecule has 0 saturated heterocycles. The number of nitrogens with zero attached hydrogens (tertiary/aromatic N) is 2. The molecule has 3 aromatic carbocycles. The molecule has 0 spiro atoms. The number of ether oxygens (including phenoxy) is 1. The number of rotatable bonds is 12. The number of hydrogen-bond donors (Lipinski definition) is 2. The van der Waals surface area contributed by atoms with Gasteiger partial charge < -0.3 is 19.7 Å². The van der Waals surface area contributed by atoms with E-state index in [0.717, 1.165) is 45.7 Å². The summed E-state index contributed by atoms with van der Waals surface area (Å²) in [6.07, 6.45) is 7.25. The van der Waals surface area contributed by atoms with Crippen LogP contribution in [-0.4, -0.2) is 38.9 Å². The lowest BCUT2D eigenvalue weighted by atomic mass is 9.87. The minimum absolute atomic E-state index is 0.0795. The van der Waals surface area contributed by atoms with Gasteiger partial charge in [-0.1, -0.05) is 30.3 Å². The predicted molar refractivity (Wildman–Crippen MR) is 156 cm³/mol. The van der Waals surface area contributed by atoms with Gasteiger partial charge in [-0.25, -0.2) is 4.98 Å². The van der Waals surface area contributed by atoms with Crippen molar-refractivity contribution < 1.29 is 24.2 Å². The van der Waals surface area contributed by atoms with Gasteiger partial charge in [0.15, 0.2) is 5.78 Å². The Morgan fingerprint density at radius 3 is 2.59 bits per heavy atom. The van der Waals surface area contributed by atoms with E-state index in [9.17, 15) is 14.4 Å². The van der Waals surface area contributed by atoms with E-state index in [1.165, 1.54) is 0 Å². The van der Waals surface area contributed by atoms with E-state index in [1.54, 1.807) is 36.4 Å². The number of benzene rings is 3. The van der Waals surface area contributed by atoms with Gasteiger partial charge in [-0.15, -0.1) is 11.8 Å². The van der Waals surface area contributed by atoms with E-state index in [0.29, 0.717) is 24.3 Å². The van der Waals surface area contributed by atoms with E-state index in [2.05, 4.69) is 22.4 Å². The van der Waals surface area contributed by atoms with Gasteiger partial charge in [0.2, 0.25) is 0 Å². The van der Waals surface area contributed by atoms with Crippen LogP contribution in [0, 0.1) is 0 Å². The Labute approximate surface area is 242 Å². The maximum absolute atomic E-state index is 12.8. The smallest absolute Gasteiger partial charge is 0.305 e. The first kappa shape index (κ1) is 28.2. The van der Waals surface area contributed by atoms with Gasteiger partial charge in [-0.3, -0.25) is 14.4 Å². The van der Waals surface area contributed by atoms with Gasteiger partial charge >= 0.3 is 5.97 Å². The van der Waals surface area contributed by atoms with Crippen molar-refractivity contribution in [2.24, 2.45) is 0 Å². The third kappa shape index (κ3) is 7.24. The molecular weight excluding hydrogens is 538 g/mol. The molecule has 2 N–H and O–H groups in total. The molecule has 1 heterocycles. The number of hydrogen-bond acceptors (Lipinski definition) is 6. The van der Waals surface area contributed by atoms with E-state index in [4.69, 9.17) is 9.84 Å². The number of thioether (sulfide) groups is 1. The fraction of sp³-hybridized carbons (Fsp3) is 0.250. The van der Waals surface area contributed by atoms with Crippen LogP contribution < -0.4 is 10.1 Å². The number of Topliss-reactive ketones (excluding diaryl/α,β-unsaturated/α-hetero) is 1. The summed E-state index contributed by atoms with van der Waals surface area (Å²) in [6, 6.07) is 21.1. The van der Waals surface area contributed by atoms with Crippen LogP contribution in [0.25, 0.3) is 0 Å². The maximum Gasteiger partial charge on any atom is 0.305 e. The number of ketones is 1. The average Bonchev–Trinajstić information content (AvgIpc) is 3.50. The molecule has 1 aliphatic carbocycles. The summed E-state index contributed by atoms with van der Waals surface area (Å²) >= 11 is 1.62. The number of amides is 1. The molecule has 1 aliphatic rings. The second-order valence-corrected chi connectivity index (χ2v) is 10.9. The Morgan fingerprint density at radius 1 is 1.05 bits per heavy atom. The van der Waals surface area contributed by atoms with Crippen LogP contribution in [0.5, 0.6) is 5.75 Å². The molecule has 0 saturated carbocycles. The van der Waals surface area contributed by atoms with Crippen LogP contribution in [-0.2, 0) is 23.5 Å². The van der Waals surface area contributed by atoms with Crippen LogP contribution in [0.1, 0.15) is 62.8 Å². The molecule has 0 aliphatic heterocycles. The van der Waals surface area contributed by atoms with Crippen molar-refractivity contribution in [3.05, 3.63) is 113 Å². The summed E-state index contributed by atoms with van der Waals surface area (Å²) in [5.41, 5.74) is 4.36. The van der Waals surface area contributed by atoms with Crippen LogP contribution >= 0.6 is 11.8 Å². The third-order valence-electron chi connectivity index (χ3n) is 7.02. The average molecular weight is 570 g/mol. The number of carboxylic acid groups (broad SMARTS) is 1. The second-order valence-electron chi connectivity index (χ2n) is 9.83. The number of nitrogens with one attached hydrogen (secondary N) is 1. The monoisotopic (exact) mass is 569 g/mol. The number of fused-ring (bicyclic) bond motifs is 1. The first-order valence-corrected chi connectivity index (χ1v) is 14.5. The van der Waals surface area contributed by atoms with Gasteiger partial charge in [0.25, 0.3) is 5.91 Å². The lowest BCUT2D eigenvalue weighted by Crippen LogP contribution is -2.25. The number of carboxylic acids is 1. The SMILES string of the molecule is O=C(O)CCNC(=O)c1ccc(SCc2c(O[C@H](Cn3ccnc3)c3ccccc3)ccc3c2CCCC3=O)cc1. The molecule has 1 atom stereocenters. The van der Waals surface area contributed by atoms with Crippen molar-refractivity contribution in [2.75, 3.05) is 6.54 Å². The molecule has 0 fully saturated rings. The molecule has 0 bridgehead atoms. The van der Waals surface area contributed by atoms with Crippen molar-refractivity contribution in [2.45, 2.75) is 49.0 Å². The van der Waals surface area contributed by atoms with Gasteiger partial charge in [0.05, 0.1) is 19.3 Å². The number of carbonyl (C=O) groups excluding carboxylic acids is 2. The van der Waals surface area contributed by atoms with Crippen molar-refractivity contribution >= 4 is 29.4 Å². The normalized spacial score (nSPS) is 13.3. The van der Waals surface area contributed by atoms with Crippen molar-refractivity contribution in [1.29, 1.82) is 0 Å². The second kappa shape index (κ2) is 13.3. The summed E-state index contributed by atoms with van der Waals surface area (Å²) in [7, 11) is 0. The standard InChI is InChI=1S/C32H31N3O5S/c36-28-8-4-7-25-26(28)13-14-29(40-30(19-35-18-17-33-21-35)22-5-2-1-3-6-22)27(25)20-41-24-11-9-23(10-12-24)32(39)34-16-15-31(37)38/h1-3,5-6,9-14,17-18,21,30H,4,7-8,15-16,19-20H2,(H,34,39)(H,37,38)/t30-/m1/s1. The molecule has 8 nitrogen and oxygen atoms in total. The van der Waals surface area contributed by atoms with Crippen molar-refractivity contribution in [3.8, 4) is 5.75 Å². The highest BCUT2D eigenvalue weighted by molar-refractivity contribution is 7.98. The van der Waals surface area contributed by atoms with Gasteiger partial charge in [0.1, 0.15) is 11.9 Å². The predicted octanol–water partition coefficient (Wildman–Crippen LogP) is 5.72. The minimum Gasteiger partial charge on any atom is -0.484 e. The summed E-state index contributed by atoms with van der Waals surface area (Å²) in [5, 5.41) is 11.4. The maximum atomic E-state index is 12.8. The van der Waals surface area contributed by atoms with E-state index in [-0.39, 0.29) is 30.8 Å². The van der Waals surface area contributed by atoms with Gasteiger partial charge in [-0.05, 0) is 60.4 Å². The zero-order valence-corrected chi connectivity index (χ0v) is 23.3. The summed E-state index contributed by atoms with van der Waals surface area (Å²) in [5.74, 6) is 0.262. The molecular formula is C32H31N3O5S. The first-order chi connectivity index (χ1) is 20.0. The first-order valence-electron chi connectivity index (χ1n) is 13.6. The Balaban J connectivity index is 1.37. The number of carbonyl (C=O) groups is 3. The zero-order valence-electron chi connectivity index (χ0n) is 22.5. The van der Waals surface area contributed by atoms with Crippen LogP contribution in [0.2, 0.25) is 0 Å². The molecule has 41 heavy (non-hydrogen) atoms. The molecule has 0 radical (unpaired) electrons. The summed E-state index contributed by atoms with van der Waals surface area (Å²) < 4.78 is 8.73. The highest BCUT2D eigenvalue weighted by Crippen LogP contribution is 2.38. The number of imidazole rings is 1. The highest BCUT2D eigenvalue weighted by Gasteiger charge is 2.25. The third-order valence-corrected chi connectivity index (χ3v) is 8.06. The van der Waals surface area contributed by atoms with Crippen LogP contribution in [0.3, 0.4) is 0 Å². The highest BCUT2D eigenvalue weighted by atomic mass is 32.2. The van der Waals surface area contributed by atoms with Gasteiger partial charge in [-0.2, -0.15) is 0 Å². The molecule has 0 unspecified atom stereocenters. The van der Waals surface area contributed by atoms with Gasteiger partial charge in [0, 0.05) is 52.7 Å². The Morgan fingerprint density at radius 2 is 1.85 bits per heavy atom. The van der Waals surface area contributed by atoms with E-state index >= 15 is 0 Å². The lowest BCUT2D eigenvalue weighted by molar-refractivity contribution is -0.136. The van der Waals surface area contributed by atoms with Crippen LogP contribution in [0.4, 0.5) is 0 Å². The van der Waals surface area contributed by atoms with Crippen LogP contribution in [0.15, 0.2) is 90.3 Å². The Bertz CT molecular complexity index is 1500. The molecule has 1 aromatic heterocycles. The molecule has 1 amide bonds. The number of aromatic nitrogens is 2. The summed E-state index contributed by atoms with van der Waals surface area (Å²) in [4.78, 5) is 40.9. The molecule has 9 heteroatoms. The Kier molecular flexibility index (Phi) is 9.15. The Hall–Kier alpha value is -4.37. The molecule has 5 rings (SSSR count). The fourth-order valence-corrected chi connectivity index (χ4v) is 5.86.